The van der Waals surface area contributed by atoms with Crippen LogP contribution in [0.1, 0.15) is 25.3 Å². The summed E-state index contributed by atoms with van der Waals surface area (Å²) in [4.78, 5) is 16.2. The molecule has 1 aromatic rings. The predicted octanol–water partition coefficient (Wildman–Crippen LogP) is 1.68. The zero-order valence-corrected chi connectivity index (χ0v) is 12.9. The Bertz CT molecular complexity index is 557. The number of likely N-dealkylation sites (tertiary alicyclic amines) is 1. The van der Waals surface area contributed by atoms with Crippen LogP contribution in [0.5, 0.6) is 0 Å². The number of nitrogens with two attached hydrogens (primary N) is 1. The number of rotatable bonds is 4. The van der Waals surface area contributed by atoms with Crippen LogP contribution < -0.4 is 16.0 Å². The van der Waals surface area contributed by atoms with Crippen LogP contribution in [0.15, 0.2) is 12.1 Å². The topological polar surface area (TPSA) is 61.6 Å². The minimum atomic E-state index is 0.0529. The second-order valence-electron chi connectivity index (χ2n) is 6.10. The van der Waals surface area contributed by atoms with Gasteiger partial charge in [-0.15, -0.1) is 0 Å². The number of hydrogen-bond donors (Lipinski definition) is 2. The second-order valence-corrected chi connectivity index (χ2v) is 6.10. The van der Waals surface area contributed by atoms with E-state index in [0.717, 1.165) is 35.7 Å². The summed E-state index contributed by atoms with van der Waals surface area (Å²) < 4.78 is 0. The van der Waals surface area contributed by atoms with Crippen LogP contribution in [0.2, 0.25) is 0 Å². The van der Waals surface area contributed by atoms with Crippen molar-refractivity contribution in [3.63, 3.8) is 0 Å². The van der Waals surface area contributed by atoms with E-state index in [2.05, 4.69) is 29.1 Å². The average Bonchev–Trinajstić information content (AvgIpc) is 3.02. The first-order chi connectivity index (χ1) is 10.1. The highest BCUT2D eigenvalue weighted by atomic mass is 16.1. The molecule has 21 heavy (non-hydrogen) atoms. The number of nitrogens with zero attached hydrogens (tertiary/aromatic N) is 2. The van der Waals surface area contributed by atoms with E-state index in [9.17, 15) is 4.79 Å². The van der Waals surface area contributed by atoms with Gasteiger partial charge in [-0.25, -0.2) is 0 Å². The Morgan fingerprint density at radius 2 is 2.29 bits per heavy atom. The molecule has 1 amide bonds. The van der Waals surface area contributed by atoms with E-state index in [1.165, 1.54) is 19.4 Å². The van der Waals surface area contributed by atoms with Gasteiger partial charge in [-0.2, -0.15) is 0 Å². The normalized spacial score (nSPS) is 21.4. The number of likely N-dealkylation sites (N-methyl/N-ethyl adjacent to an activating group) is 2. The third-order valence-corrected chi connectivity index (χ3v) is 4.68. The molecule has 1 atom stereocenters. The summed E-state index contributed by atoms with van der Waals surface area (Å²) in [6.07, 6.45) is 2.97. The molecule has 0 aliphatic carbocycles. The summed E-state index contributed by atoms with van der Waals surface area (Å²) in [6, 6.07) is 4.55. The number of hydrogen-bond acceptors (Lipinski definition) is 4. The third-order valence-electron chi connectivity index (χ3n) is 4.68. The van der Waals surface area contributed by atoms with Gasteiger partial charge in [0.1, 0.15) is 0 Å². The number of anilines is 3. The molecule has 2 heterocycles. The summed E-state index contributed by atoms with van der Waals surface area (Å²) in [5.41, 5.74) is 9.88. The highest BCUT2D eigenvalue weighted by Crippen LogP contribution is 2.33. The maximum absolute atomic E-state index is 11.5. The fourth-order valence-corrected chi connectivity index (χ4v) is 3.55. The number of carbonyl (C=O) groups is 1. The summed E-state index contributed by atoms with van der Waals surface area (Å²) in [6.45, 7) is 5.50. The molecular formula is C16H24N4O. The second kappa shape index (κ2) is 5.56. The molecule has 0 spiro atoms. The first-order valence-corrected chi connectivity index (χ1v) is 7.76. The first-order valence-electron chi connectivity index (χ1n) is 7.76. The van der Waals surface area contributed by atoms with Gasteiger partial charge in [0.2, 0.25) is 5.91 Å². The largest absolute Gasteiger partial charge is 0.397 e. The van der Waals surface area contributed by atoms with Crippen LogP contribution in [0, 0.1) is 0 Å². The molecule has 114 valence electrons. The highest BCUT2D eigenvalue weighted by molar-refractivity contribution is 6.00. The summed E-state index contributed by atoms with van der Waals surface area (Å²) in [5.74, 6) is 0.0529. The van der Waals surface area contributed by atoms with Gasteiger partial charge in [0.05, 0.1) is 17.8 Å². The number of carbonyl (C=O) groups excluding carboxylic acids is 1. The zero-order chi connectivity index (χ0) is 15.0. The molecule has 1 fully saturated rings. The van der Waals surface area contributed by atoms with E-state index < -0.39 is 0 Å². The molecule has 3 N–H and O–H groups in total. The van der Waals surface area contributed by atoms with Crippen LogP contribution >= 0.6 is 0 Å². The molecule has 0 radical (unpaired) electrons. The summed E-state index contributed by atoms with van der Waals surface area (Å²) in [7, 11) is 2.08. The SMILES string of the molecule is CCN1CCCC1CN(C)c1cc2c(cc1N)CC(=O)N2. The zero-order valence-electron chi connectivity index (χ0n) is 12.9. The minimum absolute atomic E-state index is 0.0529. The Morgan fingerprint density at radius 3 is 3.05 bits per heavy atom. The molecule has 1 aromatic carbocycles. The highest BCUT2D eigenvalue weighted by Gasteiger charge is 2.26. The Labute approximate surface area is 126 Å². The predicted molar refractivity (Wildman–Crippen MR) is 86.7 cm³/mol. The number of benzene rings is 1. The van der Waals surface area contributed by atoms with Gasteiger partial charge in [0.15, 0.2) is 0 Å². The van der Waals surface area contributed by atoms with E-state index in [4.69, 9.17) is 5.73 Å². The van der Waals surface area contributed by atoms with Crippen molar-refractivity contribution in [3.05, 3.63) is 17.7 Å². The van der Waals surface area contributed by atoms with Crippen LogP contribution in [0.3, 0.4) is 0 Å². The van der Waals surface area contributed by atoms with E-state index in [1.807, 2.05) is 12.1 Å². The van der Waals surface area contributed by atoms with E-state index in [1.54, 1.807) is 0 Å². The maximum Gasteiger partial charge on any atom is 0.228 e. The monoisotopic (exact) mass is 288 g/mol. The lowest BCUT2D eigenvalue weighted by Crippen LogP contribution is -2.39. The molecule has 2 aliphatic heterocycles. The molecule has 1 saturated heterocycles. The van der Waals surface area contributed by atoms with Crippen LogP contribution in [-0.2, 0) is 11.2 Å². The Hall–Kier alpha value is -1.75. The number of nitrogen functional groups attached to an aromatic ring is 1. The number of nitrogens with one attached hydrogen (secondary N) is 1. The quantitative estimate of drug-likeness (QED) is 0.828. The van der Waals surface area contributed by atoms with Gasteiger partial charge in [0, 0.05) is 25.3 Å². The van der Waals surface area contributed by atoms with E-state index in [0.29, 0.717) is 12.5 Å². The summed E-state index contributed by atoms with van der Waals surface area (Å²) >= 11 is 0. The van der Waals surface area contributed by atoms with Crippen LogP contribution in [-0.4, -0.2) is 43.5 Å². The summed E-state index contributed by atoms with van der Waals surface area (Å²) in [5, 5.41) is 2.90. The number of amides is 1. The Balaban J connectivity index is 1.77. The van der Waals surface area contributed by atoms with Gasteiger partial charge < -0.3 is 16.0 Å². The van der Waals surface area contributed by atoms with Gasteiger partial charge >= 0.3 is 0 Å². The van der Waals surface area contributed by atoms with Crippen LogP contribution in [0.4, 0.5) is 17.1 Å². The minimum Gasteiger partial charge on any atom is -0.397 e. The molecular weight excluding hydrogens is 264 g/mol. The third kappa shape index (κ3) is 2.70. The van der Waals surface area contributed by atoms with Crippen molar-refractivity contribution in [3.8, 4) is 0 Å². The lowest BCUT2D eigenvalue weighted by molar-refractivity contribution is -0.115. The molecule has 2 aliphatic rings. The molecule has 5 heteroatoms. The van der Waals surface area contributed by atoms with Crippen molar-refractivity contribution in [2.24, 2.45) is 0 Å². The maximum atomic E-state index is 11.5. The first kappa shape index (κ1) is 14.2. The lowest BCUT2D eigenvalue weighted by atomic mass is 10.1. The van der Waals surface area contributed by atoms with Crippen molar-refractivity contribution in [1.82, 2.24) is 4.90 Å². The fourth-order valence-electron chi connectivity index (χ4n) is 3.55. The molecule has 5 nitrogen and oxygen atoms in total. The average molecular weight is 288 g/mol. The smallest absolute Gasteiger partial charge is 0.228 e. The molecule has 1 unspecified atom stereocenters. The van der Waals surface area contributed by atoms with Crippen molar-refractivity contribution >= 4 is 23.0 Å². The Kier molecular flexibility index (Phi) is 3.76. The van der Waals surface area contributed by atoms with E-state index in [-0.39, 0.29) is 5.91 Å². The molecule has 0 saturated carbocycles. The van der Waals surface area contributed by atoms with Crippen molar-refractivity contribution < 1.29 is 4.79 Å². The van der Waals surface area contributed by atoms with Crippen molar-refractivity contribution in [2.75, 3.05) is 42.6 Å². The standard InChI is InChI=1S/C16H24N4O/c1-3-20-6-4-5-12(20)10-19(2)15-9-14-11(7-13(15)17)8-16(21)18-14/h7,9,12H,3-6,8,10,17H2,1-2H3,(H,18,21). The molecule has 0 bridgehead atoms. The fraction of sp³-hybridized carbons (Fsp3) is 0.562. The molecule has 3 rings (SSSR count). The lowest BCUT2D eigenvalue weighted by Gasteiger charge is -2.30. The van der Waals surface area contributed by atoms with Crippen molar-refractivity contribution in [2.45, 2.75) is 32.2 Å². The van der Waals surface area contributed by atoms with E-state index >= 15 is 0 Å². The van der Waals surface area contributed by atoms with Gasteiger partial charge in [-0.05, 0) is 43.6 Å². The number of fused-ring (bicyclic) bond motifs is 1. The van der Waals surface area contributed by atoms with Crippen LogP contribution in [0.25, 0.3) is 0 Å². The van der Waals surface area contributed by atoms with Gasteiger partial charge in [-0.3, -0.25) is 9.69 Å². The molecule has 0 aromatic heterocycles. The van der Waals surface area contributed by atoms with Gasteiger partial charge in [-0.1, -0.05) is 6.92 Å². The van der Waals surface area contributed by atoms with Gasteiger partial charge in [0.25, 0.3) is 0 Å². The Morgan fingerprint density at radius 1 is 1.48 bits per heavy atom. The van der Waals surface area contributed by atoms with Crippen molar-refractivity contribution in [1.29, 1.82) is 0 Å².